The van der Waals surface area contributed by atoms with Crippen molar-refractivity contribution in [2.75, 3.05) is 6.61 Å². The first-order chi connectivity index (χ1) is 7.81. The Balaban J connectivity index is 2.16. The van der Waals surface area contributed by atoms with Crippen molar-refractivity contribution < 1.29 is 9.53 Å². The van der Waals surface area contributed by atoms with Crippen molar-refractivity contribution in [3.8, 4) is 0 Å². The van der Waals surface area contributed by atoms with Crippen LogP contribution in [0.3, 0.4) is 0 Å². The second kappa shape index (κ2) is 4.84. The van der Waals surface area contributed by atoms with Crippen molar-refractivity contribution in [2.45, 2.75) is 13.5 Å². The van der Waals surface area contributed by atoms with Gasteiger partial charge in [-0.25, -0.2) is 9.48 Å². The zero-order valence-electron chi connectivity index (χ0n) is 8.66. The van der Waals surface area contributed by atoms with Crippen LogP contribution in [0.2, 0.25) is 0 Å². The molecule has 0 radical (unpaired) electrons. The second-order valence-electron chi connectivity index (χ2n) is 2.96. The summed E-state index contributed by atoms with van der Waals surface area (Å²) in [5.74, 6) is -0.362. The van der Waals surface area contributed by atoms with Crippen LogP contribution in [0.4, 0.5) is 0 Å². The zero-order valence-corrected chi connectivity index (χ0v) is 9.48. The Labute approximate surface area is 95.8 Å². The van der Waals surface area contributed by atoms with Crippen molar-refractivity contribution in [3.05, 3.63) is 28.2 Å². The van der Waals surface area contributed by atoms with Gasteiger partial charge in [0.25, 0.3) is 5.82 Å². The summed E-state index contributed by atoms with van der Waals surface area (Å²) in [6.45, 7) is 2.54. The van der Waals surface area contributed by atoms with E-state index in [0.29, 0.717) is 13.2 Å². The Morgan fingerprint density at radius 2 is 2.50 bits per heavy atom. The highest BCUT2D eigenvalue weighted by Gasteiger charge is 2.16. The highest BCUT2D eigenvalue weighted by Crippen LogP contribution is 2.10. The van der Waals surface area contributed by atoms with E-state index < -0.39 is 5.97 Å². The fraction of sp³-hybridized carbons (Fsp3) is 0.333. The van der Waals surface area contributed by atoms with E-state index in [4.69, 9.17) is 4.74 Å². The first-order valence-electron chi connectivity index (χ1n) is 4.77. The van der Waals surface area contributed by atoms with E-state index in [1.165, 1.54) is 4.68 Å². The van der Waals surface area contributed by atoms with Crippen LogP contribution >= 0.6 is 11.3 Å². The van der Waals surface area contributed by atoms with E-state index in [-0.39, 0.29) is 5.82 Å². The Morgan fingerprint density at radius 3 is 3.19 bits per heavy atom. The normalized spacial score (nSPS) is 10.3. The van der Waals surface area contributed by atoms with E-state index in [1.54, 1.807) is 18.3 Å². The van der Waals surface area contributed by atoms with Gasteiger partial charge < -0.3 is 4.74 Å². The molecule has 0 amide bonds. The van der Waals surface area contributed by atoms with Crippen molar-refractivity contribution >= 4 is 17.3 Å². The molecule has 0 spiro atoms. The van der Waals surface area contributed by atoms with Gasteiger partial charge in [0, 0.05) is 4.88 Å². The van der Waals surface area contributed by atoms with Gasteiger partial charge in [0.1, 0.15) is 0 Å². The number of aromatic nitrogens is 4. The van der Waals surface area contributed by atoms with Crippen LogP contribution in [0.15, 0.2) is 17.5 Å². The molecule has 2 rings (SSSR count). The van der Waals surface area contributed by atoms with Gasteiger partial charge in [-0.05, 0) is 28.8 Å². The third-order valence-corrected chi connectivity index (χ3v) is 2.74. The number of nitrogens with zero attached hydrogens (tertiary/aromatic N) is 4. The molecule has 6 nitrogen and oxygen atoms in total. The topological polar surface area (TPSA) is 69.9 Å². The number of tetrazole rings is 1. The molecular weight excluding hydrogens is 228 g/mol. The summed E-state index contributed by atoms with van der Waals surface area (Å²) in [6, 6.07) is 3.90. The molecule has 0 saturated carbocycles. The molecule has 0 N–H and O–H groups in total. The molecule has 0 aromatic carbocycles. The quantitative estimate of drug-likeness (QED) is 0.742. The summed E-state index contributed by atoms with van der Waals surface area (Å²) >= 11 is 1.59. The molecule has 2 aromatic heterocycles. The Hall–Kier alpha value is -1.76. The highest BCUT2D eigenvalue weighted by molar-refractivity contribution is 7.09. The summed E-state index contributed by atoms with van der Waals surface area (Å²) in [5.41, 5.74) is 0. The average molecular weight is 238 g/mol. The smallest absolute Gasteiger partial charge is 0.378 e. The highest BCUT2D eigenvalue weighted by atomic mass is 32.1. The summed E-state index contributed by atoms with van der Waals surface area (Å²) in [5, 5.41) is 12.8. The molecule has 84 valence electrons. The van der Waals surface area contributed by atoms with Gasteiger partial charge in [0.05, 0.1) is 13.2 Å². The zero-order chi connectivity index (χ0) is 11.4. The van der Waals surface area contributed by atoms with Gasteiger partial charge in [0.15, 0.2) is 0 Å². The molecule has 16 heavy (non-hydrogen) atoms. The second-order valence-corrected chi connectivity index (χ2v) is 3.99. The summed E-state index contributed by atoms with van der Waals surface area (Å²) < 4.78 is 6.28. The Kier molecular flexibility index (Phi) is 3.25. The number of esters is 1. The van der Waals surface area contributed by atoms with Crippen LogP contribution in [-0.2, 0) is 11.3 Å². The lowest BCUT2D eigenvalue weighted by Crippen LogP contribution is -2.14. The molecular formula is C9H10N4O2S. The van der Waals surface area contributed by atoms with E-state index >= 15 is 0 Å². The van der Waals surface area contributed by atoms with Crippen molar-refractivity contribution in [1.29, 1.82) is 0 Å². The van der Waals surface area contributed by atoms with Gasteiger partial charge >= 0.3 is 5.97 Å². The SMILES string of the molecule is CCOC(=O)c1nnnn1Cc1cccs1. The lowest BCUT2D eigenvalue weighted by molar-refractivity contribution is 0.0505. The first kappa shape index (κ1) is 10.7. The van der Waals surface area contributed by atoms with Crippen molar-refractivity contribution in [2.24, 2.45) is 0 Å². The summed E-state index contributed by atoms with van der Waals surface area (Å²) in [7, 11) is 0. The number of ether oxygens (including phenoxy) is 1. The molecule has 7 heteroatoms. The fourth-order valence-corrected chi connectivity index (χ4v) is 1.89. The predicted octanol–water partition coefficient (Wildman–Crippen LogP) is 0.960. The van der Waals surface area contributed by atoms with Crippen LogP contribution in [0.25, 0.3) is 0 Å². The number of carbonyl (C=O) groups is 1. The molecule has 0 aliphatic rings. The van der Waals surface area contributed by atoms with E-state index in [9.17, 15) is 4.79 Å². The van der Waals surface area contributed by atoms with Gasteiger partial charge in [-0.2, -0.15) is 0 Å². The third kappa shape index (κ3) is 2.25. The Bertz CT molecular complexity index is 466. The van der Waals surface area contributed by atoms with Gasteiger partial charge in [-0.1, -0.05) is 6.07 Å². The van der Waals surface area contributed by atoms with Crippen molar-refractivity contribution in [1.82, 2.24) is 20.2 Å². The van der Waals surface area contributed by atoms with E-state index in [0.717, 1.165) is 4.88 Å². The van der Waals surface area contributed by atoms with Crippen molar-refractivity contribution in [3.63, 3.8) is 0 Å². The molecule has 0 aliphatic carbocycles. The number of hydrogen-bond acceptors (Lipinski definition) is 6. The minimum absolute atomic E-state index is 0.134. The number of carbonyl (C=O) groups excluding carboxylic acids is 1. The molecule has 0 atom stereocenters. The fourth-order valence-electron chi connectivity index (χ4n) is 1.20. The maximum atomic E-state index is 11.5. The maximum Gasteiger partial charge on any atom is 0.378 e. The van der Waals surface area contributed by atoms with Gasteiger partial charge in [0.2, 0.25) is 0 Å². The number of hydrogen-bond donors (Lipinski definition) is 0. The maximum absolute atomic E-state index is 11.5. The van der Waals surface area contributed by atoms with Crippen LogP contribution in [0.1, 0.15) is 22.4 Å². The molecule has 0 saturated heterocycles. The monoisotopic (exact) mass is 238 g/mol. The van der Waals surface area contributed by atoms with Crippen LogP contribution in [-0.4, -0.2) is 32.8 Å². The minimum Gasteiger partial charge on any atom is -0.460 e. The molecule has 0 fully saturated rings. The molecule has 2 aromatic rings. The van der Waals surface area contributed by atoms with Gasteiger partial charge in [-0.3, -0.25) is 0 Å². The van der Waals surface area contributed by atoms with E-state index in [2.05, 4.69) is 15.5 Å². The summed E-state index contributed by atoms with van der Waals surface area (Å²) in [4.78, 5) is 12.6. The predicted molar refractivity (Wildman–Crippen MR) is 57.2 cm³/mol. The molecule has 0 aliphatic heterocycles. The molecule has 2 heterocycles. The van der Waals surface area contributed by atoms with Gasteiger partial charge in [-0.15, -0.1) is 16.4 Å². The summed E-state index contributed by atoms with van der Waals surface area (Å²) in [6.07, 6.45) is 0. The lowest BCUT2D eigenvalue weighted by atomic mass is 10.4. The number of rotatable bonds is 4. The molecule has 0 bridgehead atoms. The average Bonchev–Trinajstić information content (AvgIpc) is 2.90. The minimum atomic E-state index is -0.496. The first-order valence-corrected chi connectivity index (χ1v) is 5.65. The Morgan fingerprint density at radius 1 is 1.62 bits per heavy atom. The number of thiophene rings is 1. The largest absolute Gasteiger partial charge is 0.460 e. The van der Waals surface area contributed by atoms with Crippen LogP contribution < -0.4 is 0 Å². The third-order valence-electron chi connectivity index (χ3n) is 1.88. The molecule has 0 unspecified atom stereocenters. The lowest BCUT2D eigenvalue weighted by Gasteiger charge is -2.02. The van der Waals surface area contributed by atoms with Crippen LogP contribution in [0, 0.1) is 0 Å². The van der Waals surface area contributed by atoms with Crippen LogP contribution in [0.5, 0.6) is 0 Å². The van der Waals surface area contributed by atoms with E-state index in [1.807, 2.05) is 17.5 Å². The standard InChI is InChI=1S/C9H10N4O2S/c1-2-15-9(14)8-10-11-12-13(8)6-7-4-3-5-16-7/h3-5H,2,6H2,1H3.